The van der Waals surface area contributed by atoms with Crippen LogP contribution in [0.4, 0.5) is 5.95 Å². The largest absolute Gasteiger partial charge is 0.463 e. The van der Waals surface area contributed by atoms with Crippen molar-refractivity contribution < 1.29 is 13.2 Å². The van der Waals surface area contributed by atoms with Crippen molar-refractivity contribution in [3.8, 4) is 17.1 Å². The molecule has 1 aromatic carbocycles. The van der Waals surface area contributed by atoms with Gasteiger partial charge in [0.15, 0.2) is 9.84 Å². The molecule has 8 nitrogen and oxygen atoms in total. The van der Waals surface area contributed by atoms with Gasteiger partial charge in [-0.3, -0.25) is 0 Å². The summed E-state index contributed by atoms with van der Waals surface area (Å²) in [6, 6.07) is 8.07. The Kier molecular flexibility index (Phi) is 6.69. The van der Waals surface area contributed by atoms with Crippen LogP contribution in [0.3, 0.4) is 0 Å². The second-order valence-corrected chi connectivity index (χ2v) is 11.6. The van der Waals surface area contributed by atoms with E-state index in [1.165, 1.54) is 18.2 Å². The van der Waals surface area contributed by atoms with Crippen molar-refractivity contribution in [2.75, 3.05) is 17.8 Å². The first-order valence-corrected chi connectivity index (χ1v) is 14.1. The summed E-state index contributed by atoms with van der Waals surface area (Å²) in [5, 5.41) is 0. The summed E-state index contributed by atoms with van der Waals surface area (Å²) in [5.74, 6) is 1.30. The summed E-state index contributed by atoms with van der Waals surface area (Å²) in [7, 11) is -3.21. The molecule has 2 bridgehead atoms. The average molecular weight is 494 g/mol. The predicted molar refractivity (Wildman–Crippen MR) is 134 cm³/mol. The highest BCUT2D eigenvalue weighted by Gasteiger charge is 2.43. The summed E-state index contributed by atoms with van der Waals surface area (Å²) in [4.78, 5) is 20.7. The van der Waals surface area contributed by atoms with Crippen LogP contribution in [-0.4, -0.2) is 53.3 Å². The van der Waals surface area contributed by atoms with E-state index >= 15 is 0 Å². The highest BCUT2D eigenvalue weighted by molar-refractivity contribution is 7.90. The van der Waals surface area contributed by atoms with Gasteiger partial charge in [-0.15, -0.1) is 0 Å². The van der Waals surface area contributed by atoms with Crippen LogP contribution in [0.15, 0.2) is 53.9 Å². The van der Waals surface area contributed by atoms with Crippen LogP contribution in [0.2, 0.25) is 0 Å². The molecular weight excluding hydrogens is 462 g/mol. The smallest absolute Gasteiger partial charge is 0.316 e. The van der Waals surface area contributed by atoms with Crippen LogP contribution in [0.25, 0.3) is 11.1 Å². The topological polar surface area (TPSA) is 98.2 Å². The maximum atomic E-state index is 11.6. The standard InChI is InChI=1S/C26H31N5O3S/c1-3-4-19-13-27-25(28-14-19)31-22-8-5-18(11-23(31)12-22)17-34-26-29-15-21(16-30-26)20-6-9-24(10-7-20)35(2,32)33/h6-7,9-10,13-16,18,22-23H,3-5,8,11-12,17H2,1-2H3/t18-,22?,23?/m0/s1. The van der Waals surface area contributed by atoms with Gasteiger partial charge in [0.05, 0.1) is 11.5 Å². The lowest BCUT2D eigenvalue weighted by molar-refractivity contribution is 0.213. The van der Waals surface area contributed by atoms with E-state index in [1.54, 1.807) is 36.7 Å². The van der Waals surface area contributed by atoms with Crippen LogP contribution >= 0.6 is 0 Å². The van der Waals surface area contributed by atoms with Crippen LogP contribution in [0.5, 0.6) is 6.01 Å². The highest BCUT2D eigenvalue weighted by Crippen LogP contribution is 2.41. The van der Waals surface area contributed by atoms with Crippen LogP contribution in [-0.2, 0) is 16.3 Å². The first kappa shape index (κ1) is 23.7. The van der Waals surface area contributed by atoms with Gasteiger partial charge in [0, 0.05) is 48.7 Å². The Balaban J connectivity index is 1.16. The van der Waals surface area contributed by atoms with Gasteiger partial charge in [0.25, 0.3) is 0 Å². The van der Waals surface area contributed by atoms with Crippen LogP contribution in [0, 0.1) is 5.92 Å². The minimum Gasteiger partial charge on any atom is -0.463 e. The van der Waals surface area contributed by atoms with Crippen molar-refractivity contribution in [1.82, 2.24) is 19.9 Å². The number of anilines is 1. The van der Waals surface area contributed by atoms with E-state index < -0.39 is 9.84 Å². The molecule has 3 fully saturated rings. The molecule has 184 valence electrons. The molecule has 2 aromatic heterocycles. The van der Waals surface area contributed by atoms with Gasteiger partial charge in [-0.2, -0.15) is 0 Å². The van der Waals surface area contributed by atoms with Gasteiger partial charge in [0.2, 0.25) is 5.95 Å². The third-order valence-electron chi connectivity index (χ3n) is 7.00. The van der Waals surface area contributed by atoms with Gasteiger partial charge >= 0.3 is 6.01 Å². The molecule has 1 aliphatic carbocycles. The molecule has 6 rings (SSSR count). The van der Waals surface area contributed by atoms with E-state index in [-0.39, 0.29) is 0 Å². The van der Waals surface area contributed by atoms with Crippen molar-refractivity contribution in [3.63, 3.8) is 0 Å². The number of ether oxygens (including phenoxy) is 1. The van der Waals surface area contributed by atoms with Crippen molar-refractivity contribution in [3.05, 3.63) is 54.6 Å². The number of aryl methyl sites for hydroxylation is 1. The molecule has 3 aliphatic rings. The van der Waals surface area contributed by atoms with Crippen LogP contribution < -0.4 is 9.64 Å². The van der Waals surface area contributed by atoms with E-state index in [0.29, 0.717) is 35.5 Å². The molecule has 0 amide bonds. The first-order valence-electron chi connectivity index (χ1n) is 12.3. The van der Waals surface area contributed by atoms with Crippen molar-refractivity contribution in [2.24, 2.45) is 5.92 Å². The fraction of sp³-hybridized carbons (Fsp3) is 0.462. The number of hydrogen-bond donors (Lipinski definition) is 0. The van der Waals surface area contributed by atoms with Gasteiger partial charge in [-0.25, -0.2) is 28.4 Å². The molecule has 2 saturated heterocycles. The first-order chi connectivity index (χ1) is 16.9. The molecule has 9 heteroatoms. The van der Waals surface area contributed by atoms with Gasteiger partial charge < -0.3 is 9.64 Å². The zero-order valence-electron chi connectivity index (χ0n) is 20.2. The number of rotatable bonds is 8. The molecule has 0 radical (unpaired) electrons. The third-order valence-corrected chi connectivity index (χ3v) is 8.13. The summed E-state index contributed by atoms with van der Waals surface area (Å²) >= 11 is 0. The zero-order valence-corrected chi connectivity index (χ0v) is 21.0. The molecule has 4 heterocycles. The minimum atomic E-state index is -3.21. The Labute approximate surface area is 206 Å². The molecule has 1 saturated carbocycles. The van der Waals surface area contributed by atoms with Gasteiger partial charge in [0.1, 0.15) is 0 Å². The Morgan fingerprint density at radius 2 is 1.63 bits per heavy atom. The highest BCUT2D eigenvalue weighted by atomic mass is 32.2. The number of benzene rings is 1. The second kappa shape index (κ2) is 9.89. The lowest BCUT2D eigenvalue weighted by atomic mass is 9.91. The molecule has 2 aliphatic heterocycles. The zero-order chi connectivity index (χ0) is 24.4. The number of fused-ring (bicyclic) bond motifs is 3. The van der Waals surface area contributed by atoms with E-state index in [9.17, 15) is 8.42 Å². The van der Waals surface area contributed by atoms with Crippen LogP contribution in [0.1, 0.15) is 44.6 Å². The molecule has 2 unspecified atom stereocenters. The van der Waals surface area contributed by atoms with E-state index in [0.717, 1.165) is 49.2 Å². The Hall–Kier alpha value is -3.07. The lowest BCUT2D eigenvalue weighted by Gasteiger charge is -2.47. The van der Waals surface area contributed by atoms with Crippen molar-refractivity contribution in [1.29, 1.82) is 0 Å². The normalized spacial score (nSPS) is 21.8. The molecule has 3 atom stereocenters. The summed E-state index contributed by atoms with van der Waals surface area (Å²) in [5.41, 5.74) is 2.87. The lowest BCUT2D eigenvalue weighted by Crippen LogP contribution is -2.55. The summed E-state index contributed by atoms with van der Waals surface area (Å²) in [6.07, 6.45) is 15.2. The quantitative estimate of drug-likeness (QED) is 0.462. The number of aromatic nitrogens is 4. The third kappa shape index (κ3) is 5.29. The molecule has 0 N–H and O–H groups in total. The summed E-state index contributed by atoms with van der Waals surface area (Å²) < 4.78 is 29.2. The fourth-order valence-electron chi connectivity index (χ4n) is 5.10. The number of sulfone groups is 1. The molecule has 0 spiro atoms. The molecular formula is C26H31N5O3S. The van der Waals surface area contributed by atoms with Crippen molar-refractivity contribution >= 4 is 15.8 Å². The van der Waals surface area contributed by atoms with Gasteiger partial charge in [-0.05, 0) is 61.3 Å². The Morgan fingerprint density at radius 1 is 0.914 bits per heavy atom. The SMILES string of the molecule is CCCc1cnc(N2C3CC[C@H](COc4ncc(-c5ccc(S(C)(=O)=O)cc5)cn4)CC2C3)nc1. The minimum absolute atomic E-state index is 0.294. The number of hydrogen-bond acceptors (Lipinski definition) is 8. The van der Waals surface area contributed by atoms with E-state index in [1.807, 2.05) is 12.4 Å². The van der Waals surface area contributed by atoms with Crippen molar-refractivity contribution in [2.45, 2.75) is 62.4 Å². The van der Waals surface area contributed by atoms with E-state index in [2.05, 4.69) is 31.8 Å². The number of nitrogens with zero attached hydrogens (tertiary/aromatic N) is 5. The molecule has 3 aromatic rings. The fourth-order valence-corrected chi connectivity index (χ4v) is 5.73. The maximum absolute atomic E-state index is 11.6. The second-order valence-electron chi connectivity index (χ2n) is 9.63. The van der Waals surface area contributed by atoms with E-state index in [4.69, 9.17) is 4.74 Å². The Bertz CT molecular complexity index is 1250. The summed E-state index contributed by atoms with van der Waals surface area (Å²) in [6.45, 7) is 2.76. The monoisotopic (exact) mass is 493 g/mol. The average Bonchev–Trinajstić information content (AvgIpc) is 3.17. The Morgan fingerprint density at radius 3 is 2.29 bits per heavy atom. The van der Waals surface area contributed by atoms with Gasteiger partial charge in [-0.1, -0.05) is 25.5 Å². The maximum Gasteiger partial charge on any atom is 0.316 e. The molecule has 35 heavy (non-hydrogen) atoms. The predicted octanol–water partition coefficient (Wildman–Crippen LogP) is 4.12.